The van der Waals surface area contributed by atoms with Gasteiger partial charge in [0, 0.05) is 43.7 Å². The Morgan fingerprint density at radius 2 is 2.14 bits per heavy atom. The number of nitrogens with zero attached hydrogens (tertiary/aromatic N) is 1. The van der Waals surface area contributed by atoms with E-state index < -0.39 is 0 Å². The third-order valence-corrected chi connectivity index (χ3v) is 3.82. The molecule has 2 N–H and O–H groups in total. The highest BCUT2D eigenvalue weighted by molar-refractivity contribution is 9.10. The van der Waals surface area contributed by atoms with Gasteiger partial charge < -0.3 is 15.4 Å². The van der Waals surface area contributed by atoms with Crippen LogP contribution in [0.2, 0.25) is 0 Å². The van der Waals surface area contributed by atoms with E-state index in [9.17, 15) is 4.79 Å². The van der Waals surface area contributed by atoms with Crippen molar-refractivity contribution in [2.75, 3.05) is 46.4 Å². The van der Waals surface area contributed by atoms with Gasteiger partial charge in [-0.15, -0.1) is 12.4 Å². The second kappa shape index (κ2) is 9.25. The summed E-state index contributed by atoms with van der Waals surface area (Å²) in [6.45, 7) is 5.65. The van der Waals surface area contributed by atoms with Gasteiger partial charge in [-0.2, -0.15) is 0 Å². The number of rotatable bonds is 5. The van der Waals surface area contributed by atoms with E-state index in [0.717, 1.165) is 37.2 Å². The van der Waals surface area contributed by atoms with Crippen molar-refractivity contribution in [2.24, 2.45) is 0 Å². The maximum absolute atomic E-state index is 12.1. The molecular formula is C14H21BrClN3O2. The first-order chi connectivity index (χ1) is 9.70. The number of hydrogen-bond acceptors (Lipinski definition) is 4. The molecule has 5 nitrogen and oxygen atoms in total. The summed E-state index contributed by atoms with van der Waals surface area (Å²) < 4.78 is 6.13. The zero-order chi connectivity index (χ0) is 14.4. The van der Waals surface area contributed by atoms with Crippen LogP contribution >= 0.6 is 28.3 Å². The fraction of sp³-hybridized carbons (Fsp3) is 0.500. The molecule has 118 valence electrons. The average Bonchev–Trinajstić information content (AvgIpc) is 2.48. The van der Waals surface area contributed by atoms with E-state index in [-0.39, 0.29) is 18.3 Å². The quantitative estimate of drug-likeness (QED) is 0.815. The topological polar surface area (TPSA) is 53.6 Å². The molecule has 1 fully saturated rings. The molecule has 2 rings (SSSR count). The molecule has 0 saturated carbocycles. The summed E-state index contributed by atoms with van der Waals surface area (Å²) in [4.78, 5) is 14.5. The zero-order valence-electron chi connectivity index (χ0n) is 12.0. The molecule has 7 heteroatoms. The molecule has 0 bridgehead atoms. The molecule has 1 aromatic carbocycles. The van der Waals surface area contributed by atoms with Gasteiger partial charge in [-0.1, -0.05) is 15.9 Å². The monoisotopic (exact) mass is 377 g/mol. The summed E-state index contributed by atoms with van der Waals surface area (Å²) in [5.74, 6) is 0.489. The SMILES string of the molecule is COc1cc(Br)ccc1C(=O)NCCN1CCNCC1.Cl. The van der Waals surface area contributed by atoms with Crippen molar-refractivity contribution in [2.45, 2.75) is 0 Å². The second-order valence-corrected chi connectivity index (χ2v) is 5.61. The van der Waals surface area contributed by atoms with Crippen LogP contribution in [-0.4, -0.2) is 57.2 Å². The van der Waals surface area contributed by atoms with Gasteiger partial charge in [0.05, 0.1) is 12.7 Å². The molecule has 21 heavy (non-hydrogen) atoms. The molecule has 1 aliphatic heterocycles. The van der Waals surface area contributed by atoms with Crippen LogP contribution in [0.25, 0.3) is 0 Å². The normalized spacial score (nSPS) is 15.1. The number of halogens is 2. The van der Waals surface area contributed by atoms with Gasteiger partial charge in [-0.25, -0.2) is 0 Å². The van der Waals surface area contributed by atoms with Crippen LogP contribution in [0.3, 0.4) is 0 Å². The van der Waals surface area contributed by atoms with E-state index in [1.54, 1.807) is 19.2 Å². The number of carbonyl (C=O) groups is 1. The van der Waals surface area contributed by atoms with Crippen molar-refractivity contribution in [3.8, 4) is 5.75 Å². The van der Waals surface area contributed by atoms with Crippen molar-refractivity contribution in [1.29, 1.82) is 0 Å². The van der Waals surface area contributed by atoms with Crippen molar-refractivity contribution in [1.82, 2.24) is 15.5 Å². The second-order valence-electron chi connectivity index (χ2n) is 4.69. The number of methoxy groups -OCH3 is 1. The minimum Gasteiger partial charge on any atom is -0.496 e. The number of amides is 1. The Bertz CT molecular complexity index is 468. The van der Waals surface area contributed by atoms with Crippen LogP contribution in [0.15, 0.2) is 22.7 Å². The van der Waals surface area contributed by atoms with Crippen molar-refractivity contribution in [3.05, 3.63) is 28.2 Å². The van der Waals surface area contributed by atoms with Crippen molar-refractivity contribution < 1.29 is 9.53 Å². The maximum atomic E-state index is 12.1. The minimum atomic E-state index is -0.0931. The lowest BCUT2D eigenvalue weighted by molar-refractivity contribution is 0.0944. The van der Waals surface area contributed by atoms with E-state index in [2.05, 4.69) is 31.5 Å². The highest BCUT2D eigenvalue weighted by atomic mass is 79.9. The molecule has 1 heterocycles. The van der Waals surface area contributed by atoms with E-state index in [1.165, 1.54) is 0 Å². The molecule has 0 radical (unpaired) electrons. The first-order valence-corrected chi connectivity index (χ1v) is 7.55. The summed E-state index contributed by atoms with van der Waals surface area (Å²) in [5, 5.41) is 6.25. The number of benzene rings is 1. The zero-order valence-corrected chi connectivity index (χ0v) is 14.4. The van der Waals surface area contributed by atoms with Crippen molar-refractivity contribution >= 4 is 34.2 Å². The van der Waals surface area contributed by atoms with Crippen LogP contribution in [0, 0.1) is 0 Å². The molecule has 1 aromatic rings. The van der Waals surface area contributed by atoms with Gasteiger partial charge >= 0.3 is 0 Å². The van der Waals surface area contributed by atoms with E-state index in [1.807, 2.05) is 6.07 Å². The molecule has 1 saturated heterocycles. The summed E-state index contributed by atoms with van der Waals surface area (Å²) in [6, 6.07) is 5.40. The number of piperazine rings is 1. The highest BCUT2D eigenvalue weighted by Crippen LogP contribution is 2.23. The molecule has 0 spiro atoms. The van der Waals surface area contributed by atoms with Gasteiger partial charge in [-0.05, 0) is 18.2 Å². The fourth-order valence-electron chi connectivity index (χ4n) is 2.21. The third-order valence-electron chi connectivity index (χ3n) is 3.33. The average molecular weight is 379 g/mol. The lowest BCUT2D eigenvalue weighted by Gasteiger charge is -2.27. The smallest absolute Gasteiger partial charge is 0.255 e. The Kier molecular flexibility index (Phi) is 8.03. The summed E-state index contributed by atoms with van der Waals surface area (Å²) in [7, 11) is 1.57. The Morgan fingerprint density at radius 3 is 2.81 bits per heavy atom. The first-order valence-electron chi connectivity index (χ1n) is 6.75. The molecule has 0 aliphatic carbocycles. The Morgan fingerprint density at radius 1 is 1.43 bits per heavy atom. The standard InChI is InChI=1S/C14H20BrN3O2.ClH/c1-20-13-10-11(15)2-3-12(13)14(19)17-6-9-18-7-4-16-5-8-18;/h2-3,10,16H,4-9H2,1H3,(H,17,19);1H. The van der Waals surface area contributed by atoms with Gasteiger partial charge in [-0.3, -0.25) is 9.69 Å². The molecule has 0 aromatic heterocycles. The van der Waals surface area contributed by atoms with E-state index in [0.29, 0.717) is 17.9 Å². The van der Waals surface area contributed by atoms with Crippen LogP contribution in [-0.2, 0) is 0 Å². The first kappa shape index (κ1) is 18.2. The van der Waals surface area contributed by atoms with Crippen LogP contribution < -0.4 is 15.4 Å². The minimum absolute atomic E-state index is 0. The predicted molar refractivity (Wildman–Crippen MR) is 89.6 cm³/mol. The van der Waals surface area contributed by atoms with E-state index in [4.69, 9.17) is 4.74 Å². The van der Waals surface area contributed by atoms with Gasteiger partial charge in [0.2, 0.25) is 0 Å². The van der Waals surface area contributed by atoms with Crippen LogP contribution in [0.4, 0.5) is 0 Å². The Hall–Kier alpha value is -0.820. The van der Waals surface area contributed by atoms with Crippen LogP contribution in [0.1, 0.15) is 10.4 Å². The fourth-order valence-corrected chi connectivity index (χ4v) is 2.55. The highest BCUT2D eigenvalue weighted by Gasteiger charge is 2.13. The van der Waals surface area contributed by atoms with Crippen LogP contribution in [0.5, 0.6) is 5.75 Å². The lowest BCUT2D eigenvalue weighted by Crippen LogP contribution is -2.46. The largest absolute Gasteiger partial charge is 0.496 e. The third kappa shape index (κ3) is 5.47. The number of nitrogens with one attached hydrogen (secondary N) is 2. The molecule has 1 amide bonds. The Labute approximate surface area is 140 Å². The molecular weight excluding hydrogens is 358 g/mol. The van der Waals surface area contributed by atoms with Crippen molar-refractivity contribution in [3.63, 3.8) is 0 Å². The number of carbonyl (C=O) groups excluding carboxylic acids is 1. The summed E-state index contributed by atoms with van der Waals surface area (Å²) in [5.41, 5.74) is 0.566. The van der Waals surface area contributed by atoms with Gasteiger partial charge in [0.25, 0.3) is 5.91 Å². The molecule has 0 unspecified atom stereocenters. The summed E-state index contributed by atoms with van der Waals surface area (Å²) in [6.07, 6.45) is 0. The predicted octanol–water partition coefficient (Wildman–Crippen LogP) is 1.51. The number of ether oxygens (including phenoxy) is 1. The number of hydrogen-bond donors (Lipinski definition) is 2. The molecule has 1 aliphatic rings. The lowest BCUT2D eigenvalue weighted by atomic mass is 10.2. The van der Waals surface area contributed by atoms with E-state index >= 15 is 0 Å². The molecule has 0 atom stereocenters. The van der Waals surface area contributed by atoms with Gasteiger partial charge in [0.15, 0.2) is 0 Å². The Balaban J connectivity index is 0.00000220. The van der Waals surface area contributed by atoms with Gasteiger partial charge in [0.1, 0.15) is 5.75 Å². The maximum Gasteiger partial charge on any atom is 0.255 e. The summed E-state index contributed by atoms with van der Waals surface area (Å²) >= 11 is 3.37.